The van der Waals surface area contributed by atoms with Crippen LogP contribution in [-0.2, 0) is 4.74 Å². The largest absolute Gasteiger partial charge is 0.381 e. The zero-order valence-corrected chi connectivity index (χ0v) is 11.3. The summed E-state index contributed by atoms with van der Waals surface area (Å²) in [5.74, 6) is 0.776. The van der Waals surface area contributed by atoms with Gasteiger partial charge in [-0.15, -0.1) is 0 Å². The maximum absolute atomic E-state index is 5.52. The lowest BCUT2D eigenvalue weighted by molar-refractivity contribution is 0.0419. The van der Waals surface area contributed by atoms with E-state index in [0.29, 0.717) is 0 Å². The Kier molecular flexibility index (Phi) is 5.75. The third-order valence-corrected chi connectivity index (χ3v) is 3.80. The summed E-state index contributed by atoms with van der Waals surface area (Å²) < 4.78 is 5.52. The van der Waals surface area contributed by atoms with Gasteiger partial charge in [-0.05, 0) is 64.6 Å². The van der Waals surface area contributed by atoms with Crippen LogP contribution < -0.4 is 5.32 Å². The number of hydrogen-bond acceptors (Lipinski definition) is 3. The summed E-state index contributed by atoms with van der Waals surface area (Å²) in [6.07, 6.45) is 8.06. The van der Waals surface area contributed by atoms with Gasteiger partial charge in [0.1, 0.15) is 0 Å². The number of unbranched alkanes of at least 4 members (excludes halogenated alkanes) is 1. The number of nitrogens with zero attached hydrogens (tertiary/aromatic N) is 1. The molecular formula is C14H28N2O. The van der Waals surface area contributed by atoms with E-state index >= 15 is 0 Å². The van der Waals surface area contributed by atoms with Crippen LogP contribution in [0.5, 0.6) is 0 Å². The molecule has 1 aliphatic carbocycles. The zero-order chi connectivity index (χ0) is 11.9. The highest BCUT2D eigenvalue weighted by atomic mass is 16.5. The number of rotatable bonds is 8. The second kappa shape index (κ2) is 7.34. The van der Waals surface area contributed by atoms with Gasteiger partial charge in [-0.25, -0.2) is 0 Å². The topological polar surface area (TPSA) is 24.5 Å². The average Bonchev–Trinajstić information content (AvgIpc) is 3.14. The molecule has 2 aliphatic rings. The Hall–Kier alpha value is -0.120. The van der Waals surface area contributed by atoms with Crippen LogP contribution in [0.4, 0.5) is 0 Å². The molecule has 0 bridgehead atoms. The molecule has 17 heavy (non-hydrogen) atoms. The van der Waals surface area contributed by atoms with E-state index in [1.54, 1.807) is 0 Å². The molecule has 3 heteroatoms. The molecule has 1 saturated carbocycles. The van der Waals surface area contributed by atoms with Crippen molar-refractivity contribution in [1.82, 2.24) is 10.2 Å². The Morgan fingerprint density at radius 1 is 1.24 bits per heavy atom. The minimum Gasteiger partial charge on any atom is -0.381 e. The molecule has 100 valence electrons. The summed E-state index contributed by atoms with van der Waals surface area (Å²) >= 11 is 0. The molecule has 2 fully saturated rings. The zero-order valence-electron chi connectivity index (χ0n) is 11.3. The summed E-state index contributed by atoms with van der Waals surface area (Å²) in [6.45, 7) is 5.63. The molecule has 0 aromatic heterocycles. The second-order valence-corrected chi connectivity index (χ2v) is 5.78. The molecule has 0 radical (unpaired) electrons. The summed E-state index contributed by atoms with van der Waals surface area (Å²) in [4.78, 5) is 2.48. The van der Waals surface area contributed by atoms with Crippen molar-refractivity contribution in [2.75, 3.05) is 39.9 Å². The summed E-state index contributed by atoms with van der Waals surface area (Å²) in [6, 6.07) is 0.868. The van der Waals surface area contributed by atoms with Crippen molar-refractivity contribution in [3.8, 4) is 0 Å². The minimum atomic E-state index is 0.776. The van der Waals surface area contributed by atoms with Crippen LogP contribution in [0.3, 0.4) is 0 Å². The third-order valence-electron chi connectivity index (χ3n) is 3.80. The Bertz CT molecular complexity index is 200. The molecule has 1 N–H and O–H groups in total. The molecule has 1 atom stereocenters. The van der Waals surface area contributed by atoms with Gasteiger partial charge in [-0.2, -0.15) is 0 Å². The van der Waals surface area contributed by atoms with Gasteiger partial charge in [0.25, 0.3) is 0 Å². The summed E-state index contributed by atoms with van der Waals surface area (Å²) in [5.41, 5.74) is 0. The lowest BCUT2D eigenvalue weighted by Crippen LogP contribution is -2.31. The fourth-order valence-electron chi connectivity index (χ4n) is 2.58. The molecule has 0 amide bonds. The molecule has 0 aromatic rings. The van der Waals surface area contributed by atoms with E-state index in [1.807, 2.05) is 0 Å². The van der Waals surface area contributed by atoms with Gasteiger partial charge < -0.3 is 15.0 Å². The van der Waals surface area contributed by atoms with E-state index < -0.39 is 0 Å². The molecule has 1 aliphatic heterocycles. The van der Waals surface area contributed by atoms with Crippen molar-refractivity contribution in [3.05, 3.63) is 0 Å². The first-order valence-electron chi connectivity index (χ1n) is 7.34. The van der Waals surface area contributed by atoms with Gasteiger partial charge in [-0.3, -0.25) is 0 Å². The highest BCUT2D eigenvalue weighted by Crippen LogP contribution is 2.18. The van der Waals surface area contributed by atoms with E-state index in [2.05, 4.69) is 17.3 Å². The number of hydrogen-bond donors (Lipinski definition) is 1. The highest BCUT2D eigenvalue weighted by Gasteiger charge is 2.19. The Morgan fingerprint density at radius 2 is 2.12 bits per heavy atom. The van der Waals surface area contributed by atoms with Crippen molar-refractivity contribution < 1.29 is 4.74 Å². The SMILES string of the molecule is CN(CCCCNC1CC1)CC1CCCOC1. The highest BCUT2D eigenvalue weighted by molar-refractivity contribution is 4.80. The van der Waals surface area contributed by atoms with Crippen molar-refractivity contribution in [3.63, 3.8) is 0 Å². The van der Waals surface area contributed by atoms with E-state index in [9.17, 15) is 0 Å². The van der Waals surface area contributed by atoms with Crippen molar-refractivity contribution >= 4 is 0 Å². The van der Waals surface area contributed by atoms with Gasteiger partial charge in [0.2, 0.25) is 0 Å². The van der Waals surface area contributed by atoms with Gasteiger partial charge >= 0.3 is 0 Å². The third kappa shape index (κ3) is 5.84. The minimum absolute atomic E-state index is 0.776. The fraction of sp³-hybridized carbons (Fsp3) is 1.00. The molecular weight excluding hydrogens is 212 g/mol. The van der Waals surface area contributed by atoms with Gasteiger partial charge in [0.05, 0.1) is 6.61 Å². The molecule has 0 aromatic carbocycles. The van der Waals surface area contributed by atoms with Crippen LogP contribution >= 0.6 is 0 Å². The van der Waals surface area contributed by atoms with Crippen LogP contribution in [0.1, 0.15) is 38.5 Å². The fourth-order valence-corrected chi connectivity index (χ4v) is 2.58. The quantitative estimate of drug-likeness (QED) is 0.656. The van der Waals surface area contributed by atoms with Crippen LogP contribution in [0, 0.1) is 5.92 Å². The Balaban J connectivity index is 1.43. The van der Waals surface area contributed by atoms with Gasteiger partial charge in [-0.1, -0.05) is 0 Å². The van der Waals surface area contributed by atoms with Gasteiger partial charge in [0, 0.05) is 19.2 Å². The van der Waals surface area contributed by atoms with Crippen LogP contribution in [-0.4, -0.2) is 50.8 Å². The predicted octanol–water partition coefficient (Wildman–Crippen LogP) is 1.88. The predicted molar refractivity (Wildman–Crippen MR) is 71.3 cm³/mol. The lowest BCUT2D eigenvalue weighted by atomic mass is 10.0. The average molecular weight is 240 g/mol. The molecule has 2 rings (SSSR count). The smallest absolute Gasteiger partial charge is 0.0506 e. The molecule has 3 nitrogen and oxygen atoms in total. The number of ether oxygens (including phenoxy) is 1. The second-order valence-electron chi connectivity index (χ2n) is 5.78. The summed E-state index contributed by atoms with van der Waals surface area (Å²) in [7, 11) is 2.25. The van der Waals surface area contributed by atoms with Crippen LogP contribution in [0.2, 0.25) is 0 Å². The maximum atomic E-state index is 5.52. The molecule has 0 spiro atoms. The lowest BCUT2D eigenvalue weighted by Gasteiger charge is -2.27. The van der Waals surface area contributed by atoms with Crippen molar-refractivity contribution in [2.45, 2.75) is 44.6 Å². The first kappa shape index (κ1) is 13.3. The van der Waals surface area contributed by atoms with Gasteiger partial charge in [0.15, 0.2) is 0 Å². The molecule has 1 heterocycles. The number of nitrogens with one attached hydrogen (secondary N) is 1. The Morgan fingerprint density at radius 3 is 2.82 bits per heavy atom. The van der Waals surface area contributed by atoms with Crippen molar-refractivity contribution in [1.29, 1.82) is 0 Å². The monoisotopic (exact) mass is 240 g/mol. The van der Waals surface area contributed by atoms with E-state index in [1.165, 1.54) is 58.2 Å². The van der Waals surface area contributed by atoms with E-state index in [-0.39, 0.29) is 0 Å². The molecule has 1 unspecified atom stereocenters. The van der Waals surface area contributed by atoms with Crippen LogP contribution in [0.15, 0.2) is 0 Å². The van der Waals surface area contributed by atoms with E-state index in [4.69, 9.17) is 4.74 Å². The maximum Gasteiger partial charge on any atom is 0.0506 e. The first-order valence-corrected chi connectivity index (χ1v) is 7.34. The van der Waals surface area contributed by atoms with E-state index in [0.717, 1.165) is 25.2 Å². The Labute approximate surface area is 106 Å². The first-order chi connectivity index (χ1) is 8.34. The molecule has 1 saturated heterocycles. The van der Waals surface area contributed by atoms with Crippen LogP contribution in [0.25, 0.3) is 0 Å². The normalized spacial score (nSPS) is 25.4. The standard InChI is InChI=1S/C14H28N2O/c1-16(11-13-5-4-10-17-12-13)9-3-2-8-15-14-6-7-14/h13-15H,2-12H2,1H3. The summed E-state index contributed by atoms with van der Waals surface area (Å²) in [5, 5.41) is 3.57. The van der Waals surface area contributed by atoms with Crippen molar-refractivity contribution in [2.24, 2.45) is 5.92 Å².